The predicted molar refractivity (Wildman–Crippen MR) is 147 cm³/mol. The van der Waals surface area contributed by atoms with Gasteiger partial charge in [0.25, 0.3) is 5.91 Å². The van der Waals surface area contributed by atoms with Crippen molar-refractivity contribution >= 4 is 34.7 Å². The number of hydrogen-bond acceptors (Lipinski definition) is 8. The maximum absolute atomic E-state index is 12.7. The van der Waals surface area contributed by atoms with Gasteiger partial charge in [-0.3, -0.25) is 14.3 Å². The Labute approximate surface area is 222 Å². The van der Waals surface area contributed by atoms with Crippen molar-refractivity contribution in [3.63, 3.8) is 0 Å². The van der Waals surface area contributed by atoms with Crippen molar-refractivity contribution in [2.75, 3.05) is 12.4 Å². The van der Waals surface area contributed by atoms with Crippen LogP contribution >= 0.6 is 23.1 Å². The molecule has 0 radical (unpaired) electrons. The molecule has 2 aromatic carbocycles. The Morgan fingerprint density at radius 2 is 1.95 bits per heavy atom. The van der Waals surface area contributed by atoms with E-state index in [2.05, 4.69) is 25.5 Å². The molecule has 0 aliphatic rings. The van der Waals surface area contributed by atoms with Gasteiger partial charge in [0.15, 0.2) is 11.0 Å². The Bertz CT molecular complexity index is 1550. The molecule has 1 amide bonds. The van der Waals surface area contributed by atoms with Crippen molar-refractivity contribution in [2.45, 2.75) is 24.8 Å². The first-order chi connectivity index (χ1) is 18.0. The number of nitrogens with zero attached hydrogens (tertiary/aromatic N) is 5. The van der Waals surface area contributed by atoms with E-state index in [1.54, 1.807) is 24.9 Å². The van der Waals surface area contributed by atoms with E-state index < -0.39 is 0 Å². The summed E-state index contributed by atoms with van der Waals surface area (Å²) in [6.45, 7) is 4.06. The minimum Gasteiger partial charge on any atom is -0.495 e. The first kappa shape index (κ1) is 24.7. The SMILES string of the molecule is COc1ccccc1-n1c(SCc2nc(C(=O)Nc3ccc(C)c(C)c3)cs2)nnc1-c1cccnc1. The number of carbonyl (C=O) groups excluding carboxylic acids is 1. The lowest BCUT2D eigenvalue weighted by molar-refractivity contribution is 0.102. The minimum absolute atomic E-state index is 0.230. The van der Waals surface area contributed by atoms with E-state index in [1.165, 1.54) is 28.7 Å². The third-order valence-corrected chi connectivity index (χ3v) is 7.72. The highest BCUT2D eigenvalue weighted by Gasteiger charge is 2.20. The molecule has 3 aromatic heterocycles. The number of carbonyl (C=O) groups is 1. The summed E-state index contributed by atoms with van der Waals surface area (Å²) in [6, 6.07) is 17.4. The Morgan fingerprint density at radius 3 is 2.73 bits per heavy atom. The number of pyridine rings is 1. The summed E-state index contributed by atoms with van der Waals surface area (Å²) in [7, 11) is 1.64. The van der Waals surface area contributed by atoms with E-state index in [9.17, 15) is 4.79 Å². The molecule has 0 atom stereocenters. The van der Waals surface area contributed by atoms with Crippen molar-refractivity contribution in [3.05, 3.63) is 94.2 Å². The molecule has 0 saturated heterocycles. The van der Waals surface area contributed by atoms with E-state index in [4.69, 9.17) is 4.74 Å². The molecule has 0 aliphatic heterocycles. The number of aromatic nitrogens is 5. The lowest BCUT2D eigenvalue weighted by Gasteiger charge is -2.13. The van der Waals surface area contributed by atoms with Crippen LogP contribution in [0.1, 0.15) is 26.6 Å². The van der Waals surface area contributed by atoms with Crippen molar-refractivity contribution in [2.24, 2.45) is 0 Å². The highest BCUT2D eigenvalue weighted by molar-refractivity contribution is 7.98. The first-order valence-corrected chi connectivity index (χ1v) is 13.3. The molecule has 0 saturated carbocycles. The van der Waals surface area contributed by atoms with Crippen molar-refractivity contribution in [3.8, 4) is 22.8 Å². The van der Waals surface area contributed by atoms with E-state index in [1.807, 2.05) is 73.0 Å². The zero-order chi connectivity index (χ0) is 25.8. The number of aryl methyl sites for hydroxylation is 2. The van der Waals surface area contributed by atoms with Crippen LogP contribution in [0.3, 0.4) is 0 Å². The number of amides is 1. The fourth-order valence-electron chi connectivity index (χ4n) is 3.70. The van der Waals surface area contributed by atoms with Gasteiger partial charge in [-0.05, 0) is 61.4 Å². The molecule has 0 fully saturated rings. The molecule has 0 unspecified atom stereocenters. The monoisotopic (exact) mass is 528 g/mol. The van der Waals surface area contributed by atoms with Crippen LogP contribution in [0, 0.1) is 13.8 Å². The Hall–Kier alpha value is -4.02. The van der Waals surface area contributed by atoms with Gasteiger partial charge < -0.3 is 10.1 Å². The summed E-state index contributed by atoms with van der Waals surface area (Å²) >= 11 is 2.93. The van der Waals surface area contributed by atoms with Crippen molar-refractivity contribution in [1.29, 1.82) is 0 Å². The Balaban J connectivity index is 1.37. The number of benzene rings is 2. The summed E-state index contributed by atoms with van der Waals surface area (Å²) in [5.41, 5.74) is 5.11. The van der Waals surface area contributed by atoms with E-state index in [0.717, 1.165) is 27.5 Å². The fourth-order valence-corrected chi connectivity index (χ4v) is 5.44. The molecule has 186 valence electrons. The van der Waals surface area contributed by atoms with E-state index in [-0.39, 0.29) is 5.91 Å². The second kappa shape index (κ2) is 10.9. The number of anilines is 1. The summed E-state index contributed by atoms with van der Waals surface area (Å²) in [6.07, 6.45) is 3.48. The minimum atomic E-state index is -0.230. The molecular formula is C27H24N6O2S2. The molecule has 37 heavy (non-hydrogen) atoms. The number of hydrogen-bond donors (Lipinski definition) is 1. The maximum atomic E-state index is 12.7. The van der Waals surface area contributed by atoms with Crippen molar-refractivity contribution in [1.82, 2.24) is 24.7 Å². The van der Waals surface area contributed by atoms with Crippen LogP contribution < -0.4 is 10.1 Å². The molecule has 8 nitrogen and oxygen atoms in total. The van der Waals surface area contributed by atoms with E-state index >= 15 is 0 Å². The van der Waals surface area contributed by atoms with Crippen LogP contribution in [0.25, 0.3) is 17.1 Å². The number of nitrogens with one attached hydrogen (secondary N) is 1. The van der Waals surface area contributed by atoms with Crippen LogP contribution in [0.15, 0.2) is 77.5 Å². The maximum Gasteiger partial charge on any atom is 0.275 e. The van der Waals surface area contributed by atoms with Gasteiger partial charge in [-0.25, -0.2) is 4.98 Å². The molecule has 1 N–H and O–H groups in total. The average molecular weight is 529 g/mol. The second-order valence-corrected chi connectivity index (χ2v) is 10.1. The molecule has 10 heteroatoms. The molecule has 0 spiro atoms. The zero-order valence-electron chi connectivity index (χ0n) is 20.5. The number of para-hydroxylation sites is 2. The number of methoxy groups -OCH3 is 1. The highest BCUT2D eigenvalue weighted by atomic mass is 32.2. The summed E-state index contributed by atoms with van der Waals surface area (Å²) in [5, 5.41) is 15.1. The molecule has 3 heterocycles. The summed E-state index contributed by atoms with van der Waals surface area (Å²) in [4.78, 5) is 21.5. The summed E-state index contributed by atoms with van der Waals surface area (Å²) < 4.78 is 7.57. The van der Waals surface area contributed by atoms with Crippen LogP contribution in [0.4, 0.5) is 5.69 Å². The Kier molecular flexibility index (Phi) is 7.29. The van der Waals surface area contributed by atoms with Crippen LogP contribution in [-0.2, 0) is 5.75 Å². The number of rotatable bonds is 8. The van der Waals surface area contributed by atoms with Gasteiger partial charge in [0.05, 0.1) is 18.6 Å². The summed E-state index contributed by atoms with van der Waals surface area (Å²) in [5.74, 6) is 1.66. The normalized spacial score (nSPS) is 10.9. The molecule has 0 aliphatic carbocycles. The second-order valence-electron chi connectivity index (χ2n) is 8.22. The van der Waals surface area contributed by atoms with Gasteiger partial charge in [0, 0.05) is 29.0 Å². The Morgan fingerprint density at radius 1 is 1.08 bits per heavy atom. The van der Waals surface area contributed by atoms with Gasteiger partial charge in [-0.15, -0.1) is 21.5 Å². The lowest BCUT2D eigenvalue weighted by Crippen LogP contribution is -2.12. The van der Waals surface area contributed by atoms with E-state index in [0.29, 0.717) is 28.2 Å². The quantitative estimate of drug-likeness (QED) is 0.249. The molecule has 0 bridgehead atoms. The lowest BCUT2D eigenvalue weighted by atomic mass is 10.1. The standard InChI is InChI=1S/C27H24N6O2S2/c1-17-10-11-20(13-18(17)2)29-26(34)21-15-36-24(30-21)16-37-27-32-31-25(19-7-6-12-28-14-19)33(27)22-8-4-5-9-23(22)35-3/h4-15H,16H2,1-3H3,(H,29,34). The van der Waals surface area contributed by atoms with Crippen LogP contribution in [0.2, 0.25) is 0 Å². The van der Waals surface area contributed by atoms with Gasteiger partial charge >= 0.3 is 0 Å². The van der Waals surface area contributed by atoms with Crippen LogP contribution in [0.5, 0.6) is 5.75 Å². The van der Waals surface area contributed by atoms with Gasteiger partial charge in [-0.1, -0.05) is 30.0 Å². The topological polar surface area (TPSA) is 94.8 Å². The smallest absolute Gasteiger partial charge is 0.275 e. The number of thioether (sulfide) groups is 1. The number of ether oxygens (including phenoxy) is 1. The highest BCUT2D eigenvalue weighted by Crippen LogP contribution is 2.33. The van der Waals surface area contributed by atoms with Gasteiger partial charge in [-0.2, -0.15) is 0 Å². The predicted octanol–water partition coefficient (Wildman–Crippen LogP) is 5.96. The molecular weight excluding hydrogens is 504 g/mol. The third-order valence-electron chi connectivity index (χ3n) is 5.75. The van der Waals surface area contributed by atoms with Gasteiger partial charge in [0.2, 0.25) is 0 Å². The average Bonchev–Trinajstić information content (AvgIpc) is 3.57. The largest absolute Gasteiger partial charge is 0.495 e. The third kappa shape index (κ3) is 5.40. The van der Waals surface area contributed by atoms with Crippen LogP contribution in [-0.4, -0.2) is 37.7 Å². The molecule has 5 aromatic rings. The fraction of sp³-hybridized carbons (Fsp3) is 0.148. The number of thiazole rings is 1. The molecule has 5 rings (SSSR count). The first-order valence-electron chi connectivity index (χ1n) is 11.5. The van der Waals surface area contributed by atoms with Crippen molar-refractivity contribution < 1.29 is 9.53 Å². The van der Waals surface area contributed by atoms with Gasteiger partial charge in [0.1, 0.15) is 16.5 Å². The zero-order valence-corrected chi connectivity index (χ0v) is 22.1.